The summed E-state index contributed by atoms with van der Waals surface area (Å²) in [6.07, 6.45) is 1.30. The Hall–Kier alpha value is -0.820. The zero-order valence-electron chi connectivity index (χ0n) is 11.0. The molecule has 0 saturated carbocycles. The molecule has 1 heterocycles. The summed E-state index contributed by atoms with van der Waals surface area (Å²) < 4.78 is 27.7. The van der Waals surface area contributed by atoms with Crippen LogP contribution in [0.5, 0.6) is 0 Å². The van der Waals surface area contributed by atoms with Crippen LogP contribution in [0.1, 0.15) is 19.8 Å². The van der Waals surface area contributed by atoms with Crippen LogP contribution in [0, 0.1) is 0 Å². The van der Waals surface area contributed by atoms with Crippen LogP contribution in [-0.4, -0.2) is 63.7 Å². The number of nitrogens with one attached hydrogen (secondary N) is 1. The lowest BCUT2D eigenvalue weighted by Crippen LogP contribution is -2.46. The third-order valence-electron chi connectivity index (χ3n) is 3.05. The molecule has 2 amide bonds. The van der Waals surface area contributed by atoms with Crippen molar-refractivity contribution in [3.05, 3.63) is 0 Å². The van der Waals surface area contributed by atoms with Gasteiger partial charge in [-0.25, -0.2) is 13.2 Å². The van der Waals surface area contributed by atoms with Crippen molar-refractivity contribution in [3.8, 4) is 0 Å². The predicted molar refractivity (Wildman–Crippen MR) is 69.3 cm³/mol. The normalized spacial score (nSPS) is 21.8. The number of amides is 2. The van der Waals surface area contributed by atoms with E-state index in [0.717, 1.165) is 6.42 Å². The van der Waals surface area contributed by atoms with Gasteiger partial charge < -0.3 is 15.0 Å². The van der Waals surface area contributed by atoms with Crippen molar-refractivity contribution in [2.75, 3.05) is 38.3 Å². The van der Waals surface area contributed by atoms with E-state index in [1.54, 1.807) is 12.0 Å². The molecule has 1 aliphatic rings. The van der Waals surface area contributed by atoms with Crippen LogP contribution in [-0.2, 0) is 14.6 Å². The van der Waals surface area contributed by atoms with Gasteiger partial charge in [0.15, 0.2) is 9.84 Å². The molecule has 0 bridgehead atoms. The van der Waals surface area contributed by atoms with E-state index in [-0.39, 0.29) is 23.6 Å². The fourth-order valence-corrected chi connectivity index (χ4v) is 3.83. The Bertz CT molecular complexity index is 369. The minimum absolute atomic E-state index is 0.0896. The molecule has 0 aromatic rings. The fourth-order valence-electron chi connectivity index (χ4n) is 2.10. The molecule has 0 spiro atoms. The number of methoxy groups -OCH3 is 1. The highest BCUT2D eigenvalue weighted by atomic mass is 32.2. The highest BCUT2D eigenvalue weighted by Crippen LogP contribution is 2.17. The summed E-state index contributed by atoms with van der Waals surface area (Å²) >= 11 is 0. The Balaban J connectivity index is 2.43. The van der Waals surface area contributed by atoms with Gasteiger partial charge in [-0.15, -0.1) is 0 Å². The molecule has 106 valence electrons. The van der Waals surface area contributed by atoms with Crippen LogP contribution >= 0.6 is 0 Å². The zero-order valence-corrected chi connectivity index (χ0v) is 11.8. The largest absolute Gasteiger partial charge is 0.385 e. The first kappa shape index (κ1) is 15.2. The molecule has 1 rings (SSSR count). The Morgan fingerprint density at radius 1 is 1.50 bits per heavy atom. The Kier molecular flexibility index (Phi) is 5.87. The van der Waals surface area contributed by atoms with E-state index < -0.39 is 9.84 Å². The second-order valence-corrected chi connectivity index (χ2v) is 6.65. The maximum Gasteiger partial charge on any atom is 0.317 e. The summed E-state index contributed by atoms with van der Waals surface area (Å²) in [5, 5.41) is 2.78. The van der Waals surface area contributed by atoms with Crippen molar-refractivity contribution in [2.45, 2.75) is 25.8 Å². The molecule has 0 aromatic heterocycles. The number of carbonyl (C=O) groups is 1. The lowest BCUT2D eigenvalue weighted by molar-refractivity contribution is 0.176. The quantitative estimate of drug-likeness (QED) is 0.706. The lowest BCUT2D eigenvalue weighted by Gasteiger charge is -2.27. The number of carbonyl (C=O) groups excluding carboxylic acids is 1. The van der Waals surface area contributed by atoms with Crippen LogP contribution in [0.15, 0.2) is 0 Å². The van der Waals surface area contributed by atoms with Crippen LogP contribution < -0.4 is 5.32 Å². The highest BCUT2D eigenvalue weighted by Gasteiger charge is 2.33. The van der Waals surface area contributed by atoms with E-state index in [4.69, 9.17) is 4.74 Å². The number of hydrogen-bond acceptors (Lipinski definition) is 4. The maximum absolute atomic E-state index is 11.9. The number of rotatable bonds is 6. The van der Waals surface area contributed by atoms with Crippen molar-refractivity contribution in [3.63, 3.8) is 0 Å². The molecule has 1 atom stereocenters. The molecule has 18 heavy (non-hydrogen) atoms. The topological polar surface area (TPSA) is 75.7 Å². The van der Waals surface area contributed by atoms with Gasteiger partial charge >= 0.3 is 6.03 Å². The van der Waals surface area contributed by atoms with Crippen molar-refractivity contribution in [1.29, 1.82) is 0 Å². The van der Waals surface area contributed by atoms with E-state index in [0.29, 0.717) is 26.1 Å². The molecule has 0 radical (unpaired) electrons. The van der Waals surface area contributed by atoms with E-state index >= 15 is 0 Å². The third kappa shape index (κ3) is 4.45. The van der Waals surface area contributed by atoms with Crippen LogP contribution in [0.4, 0.5) is 4.79 Å². The van der Waals surface area contributed by atoms with Gasteiger partial charge in [0.25, 0.3) is 0 Å². The minimum atomic E-state index is -2.95. The van der Waals surface area contributed by atoms with Gasteiger partial charge in [0.05, 0.1) is 11.5 Å². The first-order chi connectivity index (χ1) is 8.50. The number of hydrogen-bond donors (Lipinski definition) is 1. The number of nitrogens with zero attached hydrogens (tertiary/aromatic N) is 1. The molecule has 7 heteroatoms. The Morgan fingerprint density at radius 3 is 2.72 bits per heavy atom. The molecular weight excluding hydrogens is 256 g/mol. The summed E-state index contributed by atoms with van der Waals surface area (Å²) in [7, 11) is -1.34. The van der Waals surface area contributed by atoms with Crippen molar-refractivity contribution in [1.82, 2.24) is 10.2 Å². The molecule has 0 aromatic carbocycles. The van der Waals surface area contributed by atoms with Crippen molar-refractivity contribution in [2.24, 2.45) is 0 Å². The Labute approximate surface area is 109 Å². The second-order valence-electron chi connectivity index (χ2n) is 4.42. The van der Waals surface area contributed by atoms with Gasteiger partial charge in [0.1, 0.15) is 0 Å². The van der Waals surface area contributed by atoms with Gasteiger partial charge in [-0.05, 0) is 19.8 Å². The van der Waals surface area contributed by atoms with Crippen LogP contribution in [0.3, 0.4) is 0 Å². The predicted octanol–water partition coefficient (Wildman–Crippen LogP) is 0.242. The molecule has 1 unspecified atom stereocenters. The maximum atomic E-state index is 11.9. The average molecular weight is 278 g/mol. The zero-order chi connectivity index (χ0) is 13.6. The number of ether oxygens (including phenoxy) is 1. The molecule has 1 saturated heterocycles. The van der Waals surface area contributed by atoms with Crippen LogP contribution in [0.25, 0.3) is 0 Å². The van der Waals surface area contributed by atoms with Crippen molar-refractivity contribution >= 4 is 15.9 Å². The fraction of sp³-hybridized carbons (Fsp3) is 0.909. The van der Waals surface area contributed by atoms with E-state index in [2.05, 4.69) is 5.32 Å². The Morgan fingerprint density at radius 2 is 2.22 bits per heavy atom. The summed E-state index contributed by atoms with van der Waals surface area (Å²) in [6.45, 7) is 3.53. The van der Waals surface area contributed by atoms with Gasteiger partial charge in [-0.1, -0.05) is 0 Å². The highest BCUT2D eigenvalue weighted by molar-refractivity contribution is 7.91. The monoisotopic (exact) mass is 278 g/mol. The number of urea groups is 1. The lowest BCUT2D eigenvalue weighted by atomic mass is 10.2. The summed E-state index contributed by atoms with van der Waals surface area (Å²) in [6, 6.07) is -0.363. The molecule has 6 nitrogen and oxygen atoms in total. The molecule has 1 N–H and O–H groups in total. The second kappa shape index (κ2) is 6.94. The number of sulfone groups is 1. The summed E-state index contributed by atoms with van der Waals surface area (Å²) in [5.41, 5.74) is 0. The van der Waals surface area contributed by atoms with Gasteiger partial charge in [-0.2, -0.15) is 0 Å². The standard InChI is InChI=1S/C11H22N2O4S/c1-3-13(10-5-8-18(15,16)9-10)11(14)12-6-4-7-17-2/h10H,3-9H2,1-2H3,(H,12,14). The molecule has 1 aliphatic heterocycles. The average Bonchev–Trinajstić information content (AvgIpc) is 2.66. The molecule has 1 fully saturated rings. The summed E-state index contributed by atoms with van der Waals surface area (Å²) in [5.74, 6) is 0.275. The minimum Gasteiger partial charge on any atom is -0.385 e. The summed E-state index contributed by atoms with van der Waals surface area (Å²) in [4.78, 5) is 13.5. The van der Waals surface area contributed by atoms with Gasteiger partial charge in [0, 0.05) is 32.8 Å². The van der Waals surface area contributed by atoms with E-state index in [9.17, 15) is 13.2 Å². The van der Waals surface area contributed by atoms with Gasteiger partial charge in [0.2, 0.25) is 0 Å². The van der Waals surface area contributed by atoms with Gasteiger partial charge in [-0.3, -0.25) is 0 Å². The first-order valence-electron chi connectivity index (χ1n) is 6.24. The van der Waals surface area contributed by atoms with E-state index in [1.807, 2.05) is 6.92 Å². The first-order valence-corrected chi connectivity index (χ1v) is 8.06. The van der Waals surface area contributed by atoms with Crippen LogP contribution in [0.2, 0.25) is 0 Å². The molecule has 0 aliphatic carbocycles. The smallest absolute Gasteiger partial charge is 0.317 e. The van der Waals surface area contributed by atoms with E-state index in [1.165, 1.54) is 0 Å². The SMILES string of the molecule is CCN(C(=O)NCCCOC)C1CCS(=O)(=O)C1. The van der Waals surface area contributed by atoms with Crippen molar-refractivity contribution < 1.29 is 17.9 Å². The molecular formula is C11H22N2O4S. The third-order valence-corrected chi connectivity index (χ3v) is 4.80.